The molecule has 0 radical (unpaired) electrons. The van der Waals surface area contributed by atoms with E-state index in [9.17, 15) is 0 Å². The predicted molar refractivity (Wildman–Crippen MR) is 57.0 cm³/mol. The Kier molecular flexibility index (Phi) is 2.79. The van der Waals surface area contributed by atoms with E-state index >= 15 is 0 Å². The zero-order chi connectivity index (χ0) is 9.97. The monoisotopic (exact) mass is 191 g/mol. The van der Waals surface area contributed by atoms with Crippen LogP contribution in [0.25, 0.3) is 0 Å². The van der Waals surface area contributed by atoms with Crippen molar-refractivity contribution in [2.24, 2.45) is 5.73 Å². The molecule has 76 valence electrons. The van der Waals surface area contributed by atoms with Crippen LogP contribution in [0.5, 0.6) is 0 Å². The van der Waals surface area contributed by atoms with Crippen LogP contribution in [0, 0.1) is 6.92 Å². The summed E-state index contributed by atoms with van der Waals surface area (Å²) < 4.78 is 0. The highest BCUT2D eigenvalue weighted by molar-refractivity contribution is 5.24. The van der Waals surface area contributed by atoms with Gasteiger partial charge in [-0.05, 0) is 18.6 Å². The molecule has 0 saturated heterocycles. The maximum atomic E-state index is 5.55. The van der Waals surface area contributed by atoms with E-state index in [1.165, 1.54) is 11.3 Å². The molecule has 2 heterocycles. The Balaban J connectivity index is 2.15. The summed E-state index contributed by atoms with van der Waals surface area (Å²) in [5, 5.41) is 0. The number of nitrogens with two attached hydrogens (primary N) is 1. The van der Waals surface area contributed by atoms with Gasteiger partial charge in [0.05, 0.1) is 0 Å². The van der Waals surface area contributed by atoms with Gasteiger partial charge >= 0.3 is 0 Å². The molecule has 0 saturated carbocycles. The quantitative estimate of drug-likeness (QED) is 0.748. The number of hydrogen-bond acceptors (Lipinski definition) is 3. The number of rotatable bonds is 2. The molecule has 2 N–H and O–H groups in total. The molecule has 1 aliphatic rings. The van der Waals surface area contributed by atoms with E-state index in [-0.39, 0.29) is 0 Å². The first kappa shape index (κ1) is 9.62. The number of nitrogens with zero attached hydrogens (tertiary/aromatic N) is 2. The fourth-order valence-corrected chi connectivity index (χ4v) is 1.96. The van der Waals surface area contributed by atoms with Crippen LogP contribution in [0.4, 0.5) is 0 Å². The Morgan fingerprint density at radius 3 is 3.14 bits per heavy atom. The van der Waals surface area contributed by atoms with Gasteiger partial charge in [0, 0.05) is 44.0 Å². The van der Waals surface area contributed by atoms with Crippen LogP contribution >= 0.6 is 0 Å². The lowest BCUT2D eigenvalue weighted by Crippen LogP contribution is -2.34. The van der Waals surface area contributed by atoms with E-state index in [4.69, 9.17) is 5.73 Å². The fraction of sp³-hybridized carbons (Fsp3) is 0.545. The average molecular weight is 191 g/mol. The van der Waals surface area contributed by atoms with Gasteiger partial charge in [-0.15, -0.1) is 0 Å². The highest BCUT2D eigenvalue weighted by Gasteiger charge is 2.15. The van der Waals surface area contributed by atoms with Gasteiger partial charge in [-0.25, -0.2) is 0 Å². The van der Waals surface area contributed by atoms with Gasteiger partial charge in [-0.1, -0.05) is 6.07 Å². The number of pyridine rings is 1. The summed E-state index contributed by atoms with van der Waals surface area (Å²) in [6.45, 7) is 5.90. The van der Waals surface area contributed by atoms with Crippen molar-refractivity contribution in [1.29, 1.82) is 0 Å². The molecular weight excluding hydrogens is 174 g/mol. The number of hydrogen-bond donors (Lipinski definition) is 1. The summed E-state index contributed by atoms with van der Waals surface area (Å²) in [4.78, 5) is 6.94. The summed E-state index contributed by atoms with van der Waals surface area (Å²) in [5.74, 6) is 0. The van der Waals surface area contributed by atoms with Crippen molar-refractivity contribution < 1.29 is 0 Å². The van der Waals surface area contributed by atoms with Crippen LogP contribution in [-0.4, -0.2) is 29.5 Å². The van der Waals surface area contributed by atoms with Crippen molar-refractivity contribution in [3.05, 3.63) is 29.1 Å². The van der Waals surface area contributed by atoms with Crippen LogP contribution in [0.1, 0.15) is 17.0 Å². The van der Waals surface area contributed by atoms with E-state index in [1.807, 2.05) is 6.92 Å². The van der Waals surface area contributed by atoms with E-state index < -0.39 is 0 Å². The number of fused-ring (bicyclic) bond motifs is 1. The largest absolute Gasteiger partial charge is 0.329 e. The Morgan fingerprint density at radius 1 is 1.50 bits per heavy atom. The van der Waals surface area contributed by atoms with E-state index in [0.717, 1.165) is 38.3 Å². The smallest absolute Gasteiger partial charge is 0.0464 e. The third kappa shape index (κ3) is 1.94. The fourth-order valence-electron chi connectivity index (χ4n) is 1.96. The molecule has 3 nitrogen and oxygen atoms in total. The van der Waals surface area contributed by atoms with Gasteiger partial charge in [0.15, 0.2) is 0 Å². The summed E-state index contributed by atoms with van der Waals surface area (Å²) >= 11 is 0. The van der Waals surface area contributed by atoms with Crippen molar-refractivity contribution in [1.82, 2.24) is 9.88 Å². The Bertz CT molecular complexity index is 322. The van der Waals surface area contributed by atoms with Gasteiger partial charge in [0.25, 0.3) is 0 Å². The first-order valence-electron chi connectivity index (χ1n) is 5.17. The van der Waals surface area contributed by atoms with Gasteiger partial charge in [-0.3, -0.25) is 9.88 Å². The maximum absolute atomic E-state index is 5.55. The second-order valence-electron chi connectivity index (χ2n) is 3.87. The van der Waals surface area contributed by atoms with Crippen LogP contribution in [0.3, 0.4) is 0 Å². The minimum Gasteiger partial charge on any atom is -0.329 e. The predicted octanol–water partition coefficient (Wildman–Crippen LogP) is 0.707. The molecule has 0 aromatic carbocycles. The molecule has 1 aliphatic heterocycles. The highest BCUT2D eigenvalue weighted by Crippen LogP contribution is 2.16. The minimum atomic E-state index is 0.745. The standard InChI is InChI=1S/C11H17N3/c1-9-2-3-10-8-14(7-5-12)6-4-11(10)13-9/h2-3H,4-8,12H2,1H3. The van der Waals surface area contributed by atoms with Crippen molar-refractivity contribution in [3.8, 4) is 0 Å². The molecule has 0 aliphatic carbocycles. The lowest BCUT2D eigenvalue weighted by atomic mass is 10.1. The molecule has 0 unspecified atom stereocenters. The molecule has 14 heavy (non-hydrogen) atoms. The third-order valence-corrected chi connectivity index (χ3v) is 2.71. The molecule has 1 aromatic heterocycles. The van der Waals surface area contributed by atoms with E-state index in [1.54, 1.807) is 0 Å². The van der Waals surface area contributed by atoms with Crippen molar-refractivity contribution in [3.63, 3.8) is 0 Å². The van der Waals surface area contributed by atoms with Gasteiger partial charge in [-0.2, -0.15) is 0 Å². The van der Waals surface area contributed by atoms with Crippen LogP contribution in [0.15, 0.2) is 12.1 Å². The van der Waals surface area contributed by atoms with E-state index in [2.05, 4.69) is 22.0 Å². The van der Waals surface area contributed by atoms with Crippen LogP contribution in [0.2, 0.25) is 0 Å². The van der Waals surface area contributed by atoms with E-state index in [0.29, 0.717) is 0 Å². The first-order chi connectivity index (χ1) is 6.79. The molecule has 0 atom stereocenters. The molecule has 0 spiro atoms. The van der Waals surface area contributed by atoms with Crippen molar-refractivity contribution >= 4 is 0 Å². The molecule has 1 aromatic rings. The van der Waals surface area contributed by atoms with Gasteiger partial charge < -0.3 is 5.73 Å². The number of aryl methyl sites for hydroxylation is 1. The van der Waals surface area contributed by atoms with Crippen LogP contribution in [-0.2, 0) is 13.0 Å². The summed E-state index contributed by atoms with van der Waals surface area (Å²) in [6.07, 6.45) is 1.07. The Hall–Kier alpha value is -0.930. The first-order valence-corrected chi connectivity index (χ1v) is 5.17. The maximum Gasteiger partial charge on any atom is 0.0464 e. The topological polar surface area (TPSA) is 42.2 Å². The summed E-state index contributed by atoms with van der Waals surface area (Å²) in [5.41, 5.74) is 9.31. The summed E-state index contributed by atoms with van der Waals surface area (Å²) in [6, 6.07) is 4.28. The molecule has 2 rings (SSSR count). The lowest BCUT2D eigenvalue weighted by molar-refractivity contribution is 0.259. The highest BCUT2D eigenvalue weighted by atomic mass is 15.1. The van der Waals surface area contributed by atoms with Crippen LogP contribution < -0.4 is 5.73 Å². The van der Waals surface area contributed by atoms with Gasteiger partial charge in [0.1, 0.15) is 0 Å². The molecular formula is C11H17N3. The molecule has 3 heteroatoms. The third-order valence-electron chi connectivity index (χ3n) is 2.71. The molecule has 0 bridgehead atoms. The SMILES string of the molecule is Cc1ccc2c(n1)CCN(CCN)C2. The summed E-state index contributed by atoms with van der Waals surface area (Å²) in [7, 11) is 0. The molecule has 0 fully saturated rings. The van der Waals surface area contributed by atoms with Gasteiger partial charge in [0.2, 0.25) is 0 Å². The normalized spacial score (nSPS) is 16.7. The zero-order valence-corrected chi connectivity index (χ0v) is 8.66. The zero-order valence-electron chi connectivity index (χ0n) is 8.66. The van der Waals surface area contributed by atoms with Crippen molar-refractivity contribution in [2.45, 2.75) is 19.9 Å². The minimum absolute atomic E-state index is 0.745. The average Bonchev–Trinajstić information content (AvgIpc) is 2.19. The number of aromatic nitrogens is 1. The molecule has 0 amide bonds. The Labute approximate surface area is 84.9 Å². The second-order valence-corrected chi connectivity index (χ2v) is 3.87. The lowest BCUT2D eigenvalue weighted by Gasteiger charge is -2.27. The van der Waals surface area contributed by atoms with Crippen molar-refractivity contribution in [2.75, 3.05) is 19.6 Å². The second kappa shape index (κ2) is 4.07. The Morgan fingerprint density at radius 2 is 2.36 bits per heavy atom.